The van der Waals surface area contributed by atoms with Gasteiger partial charge in [-0.2, -0.15) is 13.2 Å². The van der Waals surface area contributed by atoms with Gasteiger partial charge in [0.15, 0.2) is 15.8 Å². The maximum absolute atomic E-state index is 12.0. The summed E-state index contributed by atoms with van der Waals surface area (Å²) in [6, 6.07) is 0. The van der Waals surface area contributed by atoms with Gasteiger partial charge in [-0.1, -0.05) is 6.92 Å². The van der Waals surface area contributed by atoms with Gasteiger partial charge in [0.25, 0.3) is 0 Å². The highest BCUT2D eigenvalue weighted by Crippen LogP contribution is 2.18. The third-order valence-electron chi connectivity index (χ3n) is 2.15. The molecule has 114 valence electrons. The van der Waals surface area contributed by atoms with Crippen LogP contribution in [-0.4, -0.2) is 51.7 Å². The third-order valence-corrected chi connectivity index (χ3v) is 3.86. The number of rotatable bonds is 7. The molecule has 0 rings (SSSR count). The van der Waals surface area contributed by atoms with Gasteiger partial charge in [-0.05, 0) is 6.92 Å². The Kier molecular flexibility index (Phi) is 7.81. The predicted octanol–water partition coefficient (Wildman–Crippen LogP) is 0.929. The van der Waals surface area contributed by atoms with Gasteiger partial charge < -0.3 is 10.6 Å². The lowest BCUT2D eigenvalue weighted by molar-refractivity contribution is -0.132. The van der Waals surface area contributed by atoms with Crippen LogP contribution in [0.3, 0.4) is 0 Å². The van der Waals surface area contributed by atoms with Crippen molar-refractivity contribution < 1.29 is 21.6 Å². The summed E-state index contributed by atoms with van der Waals surface area (Å²) < 4.78 is 58.3. The Hall–Kier alpha value is -0.990. The first-order valence-corrected chi connectivity index (χ1v) is 7.81. The number of sulfone groups is 1. The summed E-state index contributed by atoms with van der Waals surface area (Å²) in [6.45, 7) is 3.52. The second kappa shape index (κ2) is 8.23. The highest BCUT2D eigenvalue weighted by Gasteiger charge is 2.26. The van der Waals surface area contributed by atoms with E-state index in [1.807, 2.05) is 0 Å². The molecule has 19 heavy (non-hydrogen) atoms. The first-order valence-electron chi connectivity index (χ1n) is 5.99. The van der Waals surface area contributed by atoms with Gasteiger partial charge in [0.1, 0.15) is 0 Å². The fraction of sp³-hybridized carbons (Fsp3) is 0.900. The molecular formula is C10H20F3N3O2S. The smallest absolute Gasteiger partial charge is 0.357 e. The number of guanidine groups is 1. The largest absolute Gasteiger partial charge is 0.390 e. The lowest BCUT2D eigenvalue weighted by Crippen LogP contribution is -2.40. The van der Waals surface area contributed by atoms with E-state index in [-0.39, 0.29) is 30.6 Å². The van der Waals surface area contributed by atoms with E-state index in [0.717, 1.165) is 0 Å². The van der Waals surface area contributed by atoms with Gasteiger partial charge in [-0.15, -0.1) is 0 Å². The van der Waals surface area contributed by atoms with Crippen LogP contribution in [0.5, 0.6) is 0 Å². The van der Waals surface area contributed by atoms with Crippen LogP contribution in [0.2, 0.25) is 0 Å². The summed E-state index contributed by atoms with van der Waals surface area (Å²) >= 11 is 0. The van der Waals surface area contributed by atoms with E-state index >= 15 is 0 Å². The Morgan fingerprint density at radius 2 is 1.84 bits per heavy atom. The fourth-order valence-corrected chi connectivity index (χ4v) is 1.81. The number of nitrogens with one attached hydrogen (secondary N) is 2. The highest BCUT2D eigenvalue weighted by molar-refractivity contribution is 7.91. The van der Waals surface area contributed by atoms with Crippen molar-refractivity contribution in [2.24, 2.45) is 4.99 Å². The Morgan fingerprint density at radius 3 is 2.32 bits per heavy atom. The van der Waals surface area contributed by atoms with Crippen molar-refractivity contribution in [3.63, 3.8) is 0 Å². The summed E-state index contributed by atoms with van der Waals surface area (Å²) in [5.74, 6) is 0.155. The number of alkyl halides is 3. The summed E-state index contributed by atoms with van der Waals surface area (Å²) in [5, 5.41) is 5.44. The second-order valence-electron chi connectivity index (χ2n) is 3.79. The molecule has 9 heteroatoms. The van der Waals surface area contributed by atoms with Crippen LogP contribution in [0.15, 0.2) is 4.99 Å². The quantitative estimate of drug-likeness (QED) is 0.542. The molecular weight excluding hydrogens is 283 g/mol. The molecule has 0 heterocycles. The van der Waals surface area contributed by atoms with Crippen molar-refractivity contribution in [3.8, 4) is 0 Å². The molecule has 0 aromatic carbocycles. The van der Waals surface area contributed by atoms with E-state index in [1.54, 1.807) is 6.92 Å². The molecule has 0 saturated carbocycles. The van der Waals surface area contributed by atoms with E-state index in [2.05, 4.69) is 15.6 Å². The monoisotopic (exact) mass is 303 g/mol. The minimum Gasteiger partial charge on any atom is -0.357 e. The van der Waals surface area contributed by atoms with Crippen molar-refractivity contribution in [2.75, 3.05) is 31.1 Å². The van der Waals surface area contributed by atoms with Crippen molar-refractivity contribution in [1.29, 1.82) is 0 Å². The van der Waals surface area contributed by atoms with E-state index in [9.17, 15) is 21.6 Å². The Balaban J connectivity index is 4.22. The van der Waals surface area contributed by atoms with Gasteiger partial charge in [0.2, 0.25) is 0 Å². The summed E-state index contributed by atoms with van der Waals surface area (Å²) in [7, 11) is -3.10. The number of halogens is 3. The van der Waals surface area contributed by atoms with Gasteiger partial charge >= 0.3 is 6.18 Å². The normalized spacial score (nSPS) is 13.4. The molecule has 0 aromatic heterocycles. The zero-order valence-electron chi connectivity index (χ0n) is 11.0. The molecule has 0 saturated heterocycles. The number of aliphatic imine (C=N–C) groups is 1. The van der Waals surface area contributed by atoms with E-state index in [1.165, 1.54) is 6.92 Å². The minimum absolute atomic E-state index is 0.0381. The fourth-order valence-electron chi connectivity index (χ4n) is 1.11. The molecule has 0 aliphatic rings. The van der Waals surface area contributed by atoms with E-state index < -0.39 is 22.4 Å². The lowest BCUT2D eigenvalue weighted by Gasteiger charge is -2.11. The first-order chi connectivity index (χ1) is 8.70. The molecule has 5 nitrogen and oxygen atoms in total. The minimum atomic E-state index is -4.24. The predicted molar refractivity (Wildman–Crippen MR) is 69.0 cm³/mol. The van der Waals surface area contributed by atoms with Crippen molar-refractivity contribution in [2.45, 2.75) is 26.4 Å². The average Bonchev–Trinajstić information content (AvgIpc) is 2.27. The molecule has 0 aromatic rings. The van der Waals surface area contributed by atoms with Gasteiger partial charge in [0.05, 0.1) is 18.7 Å². The van der Waals surface area contributed by atoms with Crippen LogP contribution < -0.4 is 10.6 Å². The molecule has 0 fully saturated rings. The molecule has 0 aliphatic heterocycles. The zero-order chi connectivity index (χ0) is 14.9. The molecule has 0 radical (unpaired) electrons. The van der Waals surface area contributed by atoms with Gasteiger partial charge in [-0.25, -0.2) is 8.42 Å². The molecule has 2 N–H and O–H groups in total. The second-order valence-corrected chi connectivity index (χ2v) is 6.26. The molecule has 0 aliphatic carbocycles. The summed E-state index contributed by atoms with van der Waals surface area (Å²) in [4.78, 5) is 3.72. The van der Waals surface area contributed by atoms with E-state index in [4.69, 9.17) is 0 Å². The molecule has 0 bridgehead atoms. The average molecular weight is 303 g/mol. The summed E-state index contributed by atoms with van der Waals surface area (Å²) in [6.07, 6.45) is -5.25. The van der Waals surface area contributed by atoms with Crippen molar-refractivity contribution >= 4 is 15.8 Å². The molecule has 0 atom stereocenters. The standard InChI is InChI=1S/C10H20F3N3O2S/c1-3-14-9(15-6-5-10(11,12)13)16-7-8-19(17,18)4-2/h3-8H2,1-2H3,(H2,14,15,16). The van der Waals surface area contributed by atoms with Gasteiger partial charge in [-0.3, -0.25) is 4.99 Å². The summed E-state index contributed by atoms with van der Waals surface area (Å²) in [5.41, 5.74) is 0. The lowest BCUT2D eigenvalue weighted by atomic mass is 10.4. The van der Waals surface area contributed by atoms with Gasteiger partial charge in [0, 0.05) is 18.8 Å². The van der Waals surface area contributed by atoms with Crippen LogP contribution in [0.25, 0.3) is 0 Å². The van der Waals surface area contributed by atoms with Crippen LogP contribution >= 0.6 is 0 Å². The first kappa shape index (κ1) is 18.0. The molecule has 0 amide bonds. The number of hydrogen-bond donors (Lipinski definition) is 2. The zero-order valence-corrected chi connectivity index (χ0v) is 11.9. The van der Waals surface area contributed by atoms with Crippen LogP contribution in [-0.2, 0) is 9.84 Å². The Morgan fingerprint density at radius 1 is 1.21 bits per heavy atom. The van der Waals surface area contributed by atoms with Crippen molar-refractivity contribution in [3.05, 3.63) is 0 Å². The molecule has 0 unspecified atom stereocenters. The SMILES string of the molecule is CCNC(=NCCC(F)(F)F)NCCS(=O)(=O)CC. The Labute approximate surface area is 111 Å². The molecule has 0 spiro atoms. The third kappa shape index (κ3) is 10.6. The maximum Gasteiger partial charge on any atom is 0.390 e. The van der Waals surface area contributed by atoms with Crippen LogP contribution in [0, 0.1) is 0 Å². The Bertz CT molecular complexity index is 380. The number of hydrogen-bond acceptors (Lipinski definition) is 3. The number of nitrogens with zero attached hydrogens (tertiary/aromatic N) is 1. The van der Waals surface area contributed by atoms with Crippen LogP contribution in [0.4, 0.5) is 13.2 Å². The maximum atomic E-state index is 12.0. The van der Waals surface area contributed by atoms with E-state index in [0.29, 0.717) is 6.54 Å². The topological polar surface area (TPSA) is 70.6 Å². The van der Waals surface area contributed by atoms with Crippen LogP contribution in [0.1, 0.15) is 20.3 Å². The van der Waals surface area contributed by atoms with Crippen molar-refractivity contribution in [1.82, 2.24) is 10.6 Å². The highest BCUT2D eigenvalue weighted by atomic mass is 32.2.